The van der Waals surface area contributed by atoms with Gasteiger partial charge in [-0.1, -0.05) is 0 Å². The van der Waals surface area contributed by atoms with Crippen LogP contribution in [-0.2, 0) is 13.1 Å². The van der Waals surface area contributed by atoms with Gasteiger partial charge in [-0.15, -0.1) is 0 Å². The number of rotatable bonds is 4. The Morgan fingerprint density at radius 2 is 2.27 bits per heavy atom. The Labute approximate surface area is 88.8 Å². The Kier molecular flexibility index (Phi) is 3.09. The van der Waals surface area contributed by atoms with Gasteiger partial charge in [0.25, 0.3) is 0 Å². The first-order chi connectivity index (χ1) is 7.34. The van der Waals surface area contributed by atoms with Crippen LogP contribution in [0, 0.1) is 6.92 Å². The number of nitrogens with one attached hydrogen (secondary N) is 2. The fourth-order valence-electron chi connectivity index (χ4n) is 1.41. The Morgan fingerprint density at radius 3 is 3.00 bits per heavy atom. The van der Waals surface area contributed by atoms with Crippen LogP contribution < -0.4 is 5.32 Å². The molecule has 0 aromatic carbocycles. The van der Waals surface area contributed by atoms with Gasteiger partial charge in [-0.25, -0.2) is 9.97 Å². The first kappa shape index (κ1) is 9.86. The Balaban J connectivity index is 1.83. The topological polar surface area (TPSA) is 53.6 Å². The van der Waals surface area contributed by atoms with Crippen LogP contribution in [0.5, 0.6) is 0 Å². The van der Waals surface area contributed by atoms with E-state index in [0.29, 0.717) is 0 Å². The lowest BCUT2D eigenvalue weighted by atomic mass is 10.3. The Morgan fingerprint density at radius 1 is 1.33 bits per heavy atom. The molecular formula is C11H14N4. The second-order valence-corrected chi connectivity index (χ2v) is 3.42. The Hall–Kier alpha value is -1.68. The van der Waals surface area contributed by atoms with Crippen molar-refractivity contribution < 1.29 is 0 Å². The zero-order valence-corrected chi connectivity index (χ0v) is 8.70. The molecule has 0 saturated heterocycles. The molecule has 0 fully saturated rings. The zero-order valence-electron chi connectivity index (χ0n) is 8.70. The highest BCUT2D eigenvalue weighted by molar-refractivity contribution is 5.08. The third-order valence-electron chi connectivity index (χ3n) is 2.13. The van der Waals surface area contributed by atoms with Gasteiger partial charge in [0.15, 0.2) is 0 Å². The minimum Gasteiger partial charge on any atom is -0.367 e. The van der Waals surface area contributed by atoms with E-state index >= 15 is 0 Å². The van der Waals surface area contributed by atoms with Crippen molar-refractivity contribution in [3.05, 3.63) is 47.8 Å². The molecule has 0 aliphatic rings. The number of aryl methyl sites for hydroxylation is 1. The second kappa shape index (κ2) is 4.70. The number of aromatic amines is 1. The third-order valence-corrected chi connectivity index (χ3v) is 2.13. The van der Waals surface area contributed by atoms with Crippen molar-refractivity contribution in [3.8, 4) is 0 Å². The minimum absolute atomic E-state index is 0.772. The van der Waals surface area contributed by atoms with Crippen molar-refractivity contribution in [1.82, 2.24) is 20.3 Å². The maximum atomic E-state index is 4.31. The van der Waals surface area contributed by atoms with Crippen molar-refractivity contribution in [3.63, 3.8) is 0 Å². The van der Waals surface area contributed by atoms with Crippen molar-refractivity contribution in [1.29, 1.82) is 0 Å². The van der Waals surface area contributed by atoms with Crippen LogP contribution in [0.25, 0.3) is 0 Å². The van der Waals surface area contributed by atoms with E-state index in [-0.39, 0.29) is 0 Å². The van der Waals surface area contributed by atoms with Crippen LogP contribution in [0.1, 0.15) is 17.1 Å². The lowest BCUT2D eigenvalue weighted by Crippen LogP contribution is -2.13. The van der Waals surface area contributed by atoms with Gasteiger partial charge in [-0.3, -0.25) is 0 Å². The largest absolute Gasteiger partial charge is 0.367 e. The van der Waals surface area contributed by atoms with Gasteiger partial charge in [0.05, 0.1) is 5.69 Å². The molecule has 2 aromatic rings. The lowest BCUT2D eigenvalue weighted by Gasteiger charge is -2.02. The summed E-state index contributed by atoms with van der Waals surface area (Å²) >= 11 is 0. The van der Waals surface area contributed by atoms with Crippen LogP contribution >= 0.6 is 0 Å². The summed E-state index contributed by atoms with van der Waals surface area (Å²) in [4.78, 5) is 11.4. The van der Waals surface area contributed by atoms with Gasteiger partial charge in [0.1, 0.15) is 5.82 Å². The second-order valence-electron chi connectivity index (χ2n) is 3.42. The van der Waals surface area contributed by atoms with Crippen LogP contribution in [0.15, 0.2) is 30.7 Å². The average molecular weight is 202 g/mol. The van der Waals surface area contributed by atoms with Crippen molar-refractivity contribution >= 4 is 0 Å². The van der Waals surface area contributed by atoms with Crippen LogP contribution in [0.2, 0.25) is 0 Å². The summed E-state index contributed by atoms with van der Waals surface area (Å²) < 4.78 is 0. The fraction of sp³-hybridized carbons (Fsp3) is 0.273. The molecule has 2 N–H and O–H groups in total. The van der Waals surface area contributed by atoms with Crippen molar-refractivity contribution in [2.24, 2.45) is 0 Å². The summed E-state index contributed by atoms with van der Waals surface area (Å²) in [5, 5.41) is 3.32. The lowest BCUT2D eigenvalue weighted by molar-refractivity contribution is 0.675. The minimum atomic E-state index is 0.772. The van der Waals surface area contributed by atoms with E-state index in [0.717, 1.165) is 24.6 Å². The molecule has 0 atom stereocenters. The number of aromatic nitrogens is 3. The molecule has 0 spiro atoms. The highest BCUT2D eigenvalue weighted by Gasteiger charge is 1.96. The molecule has 0 amide bonds. The third kappa shape index (κ3) is 2.89. The van der Waals surface area contributed by atoms with Crippen molar-refractivity contribution in [2.75, 3.05) is 0 Å². The van der Waals surface area contributed by atoms with Crippen LogP contribution in [0.3, 0.4) is 0 Å². The van der Waals surface area contributed by atoms with E-state index in [2.05, 4.69) is 26.3 Å². The zero-order chi connectivity index (χ0) is 10.5. The summed E-state index contributed by atoms with van der Waals surface area (Å²) in [7, 11) is 0. The summed E-state index contributed by atoms with van der Waals surface area (Å²) in [6, 6.07) is 3.98. The smallest absolute Gasteiger partial charge is 0.125 e. The molecule has 4 heteroatoms. The Bertz CT molecular complexity index is 408. The number of hydrogen-bond donors (Lipinski definition) is 2. The predicted molar refractivity (Wildman–Crippen MR) is 58.1 cm³/mol. The van der Waals surface area contributed by atoms with Gasteiger partial charge in [-0.05, 0) is 24.6 Å². The monoisotopic (exact) mass is 202 g/mol. The molecule has 2 heterocycles. The van der Waals surface area contributed by atoms with E-state index in [1.165, 1.54) is 5.56 Å². The van der Waals surface area contributed by atoms with Gasteiger partial charge >= 0.3 is 0 Å². The molecule has 2 aromatic heterocycles. The highest BCUT2D eigenvalue weighted by atomic mass is 14.9. The molecule has 0 aliphatic heterocycles. The maximum Gasteiger partial charge on any atom is 0.125 e. The summed E-state index contributed by atoms with van der Waals surface area (Å²) in [5.74, 6) is 0.816. The number of H-pyrrole nitrogens is 1. The standard InChI is InChI=1S/C11H14N4/c1-9-14-5-3-11(15-9)8-13-7-10-2-4-12-6-10/h2-6,12-13H,7-8H2,1H3. The van der Waals surface area contributed by atoms with E-state index in [4.69, 9.17) is 0 Å². The normalized spacial score (nSPS) is 10.5. The van der Waals surface area contributed by atoms with Crippen LogP contribution in [-0.4, -0.2) is 15.0 Å². The van der Waals surface area contributed by atoms with Gasteiger partial charge in [-0.2, -0.15) is 0 Å². The molecule has 78 valence electrons. The van der Waals surface area contributed by atoms with Gasteiger partial charge < -0.3 is 10.3 Å². The van der Waals surface area contributed by atoms with Crippen LogP contribution in [0.4, 0.5) is 0 Å². The molecular weight excluding hydrogens is 188 g/mol. The summed E-state index contributed by atoms with van der Waals surface area (Å²) in [6.07, 6.45) is 5.69. The van der Waals surface area contributed by atoms with Crippen molar-refractivity contribution in [2.45, 2.75) is 20.0 Å². The fourth-order valence-corrected chi connectivity index (χ4v) is 1.41. The molecule has 2 rings (SSSR count). The van der Waals surface area contributed by atoms with Gasteiger partial charge in [0.2, 0.25) is 0 Å². The average Bonchev–Trinajstić information content (AvgIpc) is 2.71. The summed E-state index contributed by atoms with van der Waals surface area (Å²) in [6.45, 7) is 3.52. The number of hydrogen-bond acceptors (Lipinski definition) is 3. The summed E-state index contributed by atoms with van der Waals surface area (Å²) in [5.41, 5.74) is 2.28. The molecule has 0 saturated carbocycles. The van der Waals surface area contributed by atoms with E-state index < -0.39 is 0 Å². The first-order valence-corrected chi connectivity index (χ1v) is 4.95. The molecule has 0 bridgehead atoms. The number of nitrogens with zero attached hydrogens (tertiary/aromatic N) is 2. The molecule has 4 nitrogen and oxygen atoms in total. The molecule has 0 radical (unpaired) electrons. The molecule has 0 aliphatic carbocycles. The van der Waals surface area contributed by atoms with E-state index in [1.54, 1.807) is 6.20 Å². The van der Waals surface area contributed by atoms with E-state index in [1.807, 2.05) is 25.4 Å². The van der Waals surface area contributed by atoms with E-state index in [9.17, 15) is 0 Å². The maximum absolute atomic E-state index is 4.31. The molecule has 0 unspecified atom stereocenters. The predicted octanol–water partition coefficient (Wildman–Crippen LogP) is 1.40. The highest BCUT2D eigenvalue weighted by Crippen LogP contribution is 1.97. The SMILES string of the molecule is Cc1nccc(CNCc2cc[nH]c2)n1. The quantitative estimate of drug-likeness (QED) is 0.788. The molecule has 15 heavy (non-hydrogen) atoms. The first-order valence-electron chi connectivity index (χ1n) is 4.95. The van der Waals surface area contributed by atoms with Gasteiger partial charge in [0, 0.05) is 31.7 Å².